The number of aromatic amines is 2. The van der Waals surface area contributed by atoms with Crippen molar-refractivity contribution in [2.75, 3.05) is 0 Å². The molecule has 40 heavy (non-hydrogen) atoms. The average Bonchev–Trinajstić information content (AvgIpc) is 3.81. The zero-order valence-corrected chi connectivity index (χ0v) is 26.2. The van der Waals surface area contributed by atoms with Gasteiger partial charge in [-0.25, -0.2) is 10.6 Å². The Morgan fingerprint density at radius 2 is 0.600 bits per heavy atom. The van der Waals surface area contributed by atoms with E-state index in [1.807, 2.05) is 0 Å². The van der Waals surface area contributed by atoms with Gasteiger partial charge < -0.3 is 9.97 Å². The van der Waals surface area contributed by atoms with E-state index in [1.54, 1.807) is 0 Å². The summed E-state index contributed by atoms with van der Waals surface area (Å²) in [5, 5.41) is 11.0. The Morgan fingerprint density at radius 3 is 0.775 bits per heavy atom. The van der Waals surface area contributed by atoms with E-state index >= 15 is 0 Å². The van der Waals surface area contributed by atoms with Crippen LogP contribution in [0, 0.1) is 49.9 Å². The van der Waals surface area contributed by atoms with Gasteiger partial charge in [-0.2, -0.15) is 0 Å². The third-order valence-corrected chi connectivity index (χ3v) is 11.5. The Balaban J connectivity index is 1.71. The van der Waals surface area contributed by atoms with Gasteiger partial charge in [-0.1, -0.05) is 55.4 Å². The van der Waals surface area contributed by atoms with Crippen LogP contribution >= 0.6 is 0 Å². The quantitative estimate of drug-likeness (QED) is 0.339. The van der Waals surface area contributed by atoms with Crippen molar-refractivity contribution >= 4 is 0 Å². The van der Waals surface area contributed by atoms with E-state index in [9.17, 15) is 0 Å². The van der Waals surface area contributed by atoms with Crippen LogP contribution in [0.1, 0.15) is 130 Å². The van der Waals surface area contributed by atoms with Gasteiger partial charge in [0, 0.05) is 44.4 Å². The second-order valence-corrected chi connectivity index (χ2v) is 12.2. The van der Waals surface area contributed by atoms with Crippen LogP contribution in [0.15, 0.2) is 24.3 Å². The Kier molecular flexibility index (Phi) is 8.45. The fourth-order valence-corrected chi connectivity index (χ4v) is 8.22. The number of hydrogen-bond acceptors (Lipinski definition) is 0. The van der Waals surface area contributed by atoms with Crippen molar-refractivity contribution in [3.8, 4) is 0 Å². The smallest absolute Gasteiger partial charge is 0.0719 e. The van der Waals surface area contributed by atoms with Gasteiger partial charge in [-0.3, -0.25) is 0 Å². The number of nitrogens with one attached hydrogen (secondary N) is 2. The first kappa shape index (κ1) is 30.0. The molecule has 0 amide bonds. The van der Waals surface area contributed by atoms with Gasteiger partial charge in [0.15, 0.2) is 0 Å². The average molecular weight is 539 g/mol. The molecule has 0 atom stereocenters. The van der Waals surface area contributed by atoms with E-state index < -0.39 is 0 Å². The highest BCUT2D eigenvalue weighted by molar-refractivity contribution is 5.51. The van der Waals surface area contributed by atoms with Crippen LogP contribution in [0.5, 0.6) is 0 Å². The maximum atomic E-state index is 5.51. The zero-order valence-electron chi connectivity index (χ0n) is 26.2. The largest absolute Gasteiger partial charge is 0.361 e. The van der Waals surface area contributed by atoms with Gasteiger partial charge >= 0.3 is 0 Å². The maximum absolute atomic E-state index is 5.51. The van der Waals surface area contributed by atoms with Gasteiger partial charge in [0.2, 0.25) is 0 Å². The summed E-state index contributed by atoms with van der Waals surface area (Å²) in [6.45, 7) is 18.5. The topological polar surface area (TPSA) is 59.8 Å². The number of hydrogen-bond donors (Lipinski definition) is 2. The number of aromatic nitrogens is 2. The molecular formula is C36H50N4. The minimum Gasteiger partial charge on any atom is -0.361 e. The van der Waals surface area contributed by atoms with Crippen molar-refractivity contribution < 1.29 is 0 Å². The van der Waals surface area contributed by atoms with Gasteiger partial charge in [0.25, 0.3) is 0 Å². The Bertz CT molecular complexity index is 938. The highest BCUT2D eigenvalue weighted by Gasteiger charge is 2.54. The first-order valence-electron chi connectivity index (χ1n) is 16.0. The number of rotatable bonds is 8. The molecule has 0 saturated carbocycles. The molecule has 2 aromatic rings. The molecular weight excluding hydrogens is 488 g/mol. The van der Waals surface area contributed by atoms with Crippen LogP contribution in [0.3, 0.4) is 0 Å². The molecule has 2 N–H and O–H groups in total. The Labute approximate surface area is 245 Å². The molecule has 2 aromatic heterocycles. The molecule has 8 bridgehead atoms. The summed E-state index contributed by atoms with van der Waals surface area (Å²) in [6.07, 6.45) is 17.2. The highest BCUT2D eigenvalue weighted by atomic mass is 15.1. The Hall–Kier alpha value is -1.52. The molecule has 5 rings (SSSR count). The molecule has 3 aliphatic heterocycles. The SMILES string of the molecule is CCC1(CC)[C]2[CH][CH][C]([N]2)C(CC)(CC)c2ccc([nH]2)C(CC)(CC)[C]2[CH][CH][C]([N]2)C(CC)(CC)c2ccc1[nH]2. The van der Waals surface area contributed by atoms with E-state index in [2.05, 4.69) is 115 Å². The molecule has 2 saturated heterocycles. The molecule has 0 spiro atoms. The van der Waals surface area contributed by atoms with Gasteiger partial charge in [-0.05, 0) is 101 Å². The first-order chi connectivity index (χ1) is 19.3. The summed E-state index contributed by atoms with van der Waals surface area (Å²) < 4.78 is 0. The van der Waals surface area contributed by atoms with E-state index in [1.165, 1.54) is 46.9 Å². The van der Waals surface area contributed by atoms with Crippen LogP contribution in [-0.4, -0.2) is 9.97 Å². The standard InChI is InChI=1S/C36H50N4/c1-9-33(10-2)25-17-19-27(37-25)34(11-3,12-4)29-21-23-31(39-29)36(15-7,16-8)32-24-22-30(40-32)35(13-5,14-6)28-20-18-26(33)38-28/h17-24,37,40H,9-16H2,1-8H3. The minimum atomic E-state index is -0.154. The van der Waals surface area contributed by atoms with Gasteiger partial charge in [0.05, 0.1) is 24.2 Å². The lowest BCUT2D eigenvalue weighted by molar-refractivity contribution is 0.330. The molecule has 4 nitrogen and oxygen atoms in total. The molecule has 5 heterocycles. The van der Waals surface area contributed by atoms with Gasteiger partial charge in [0.1, 0.15) is 0 Å². The summed E-state index contributed by atoms with van der Waals surface area (Å²) in [7, 11) is 0. The van der Waals surface area contributed by atoms with Crippen molar-refractivity contribution in [3.05, 3.63) is 96.9 Å². The van der Waals surface area contributed by atoms with Crippen LogP contribution in [0.2, 0.25) is 0 Å². The lowest BCUT2D eigenvalue weighted by Crippen LogP contribution is -2.43. The fraction of sp³-hybridized carbons (Fsp3) is 0.556. The van der Waals surface area contributed by atoms with Crippen LogP contribution in [0.4, 0.5) is 0 Å². The van der Waals surface area contributed by atoms with Crippen molar-refractivity contribution in [1.82, 2.24) is 20.6 Å². The molecule has 10 radical (unpaired) electrons. The predicted octanol–water partition coefficient (Wildman–Crippen LogP) is 8.47. The lowest BCUT2D eigenvalue weighted by atomic mass is 9.72. The minimum absolute atomic E-state index is 0.154. The monoisotopic (exact) mass is 538 g/mol. The number of fused-ring (bicyclic) bond motifs is 8. The van der Waals surface area contributed by atoms with Crippen LogP contribution in [-0.2, 0) is 21.7 Å². The van der Waals surface area contributed by atoms with E-state index in [0.717, 1.165) is 51.4 Å². The number of nitrogens with zero attached hydrogens (tertiary/aromatic N) is 2. The Morgan fingerprint density at radius 1 is 0.400 bits per heavy atom. The third kappa shape index (κ3) is 4.05. The molecule has 214 valence electrons. The molecule has 2 fully saturated rings. The summed E-state index contributed by atoms with van der Waals surface area (Å²) >= 11 is 0. The molecule has 4 heteroatoms. The fourth-order valence-electron chi connectivity index (χ4n) is 8.22. The normalized spacial score (nSPS) is 24.6. The molecule has 0 aromatic carbocycles. The van der Waals surface area contributed by atoms with Crippen LogP contribution in [0.25, 0.3) is 0 Å². The summed E-state index contributed by atoms with van der Waals surface area (Å²) in [6, 6.07) is 14.1. The van der Waals surface area contributed by atoms with E-state index in [-0.39, 0.29) is 21.7 Å². The van der Waals surface area contributed by atoms with Crippen molar-refractivity contribution in [3.63, 3.8) is 0 Å². The van der Waals surface area contributed by atoms with Gasteiger partial charge in [-0.15, -0.1) is 0 Å². The maximum Gasteiger partial charge on any atom is 0.0719 e. The van der Waals surface area contributed by atoms with Crippen molar-refractivity contribution in [2.24, 2.45) is 0 Å². The molecule has 3 aliphatic rings. The summed E-state index contributed by atoms with van der Waals surface area (Å²) in [5.41, 5.74) is 4.49. The third-order valence-electron chi connectivity index (χ3n) is 11.5. The first-order valence-corrected chi connectivity index (χ1v) is 16.0. The second-order valence-electron chi connectivity index (χ2n) is 12.2. The van der Waals surface area contributed by atoms with E-state index in [0.29, 0.717) is 0 Å². The molecule has 0 aliphatic carbocycles. The van der Waals surface area contributed by atoms with Crippen molar-refractivity contribution in [1.29, 1.82) is 0 Å². The lowest BCUT2D eigenvalue weighted by Gasteiger charge is -2.41. The number of H-pyrrole nitrogens is 2. The van der Waals surface area contributed by atoms with Crippen LogP contribution < -0.4 is 10.6 Å². The molecule has 0 unspecified atom stereocenters. The summed E-state index contributed by atoms with van der Waals surface area (Å²) in [4.78, 5) is 7.98. The highest BCUT2D eigenvalue weighted by Crippen LogP contribution is 2.55. The van der Waals surface area contributed by atoms with E-state index in [4.69, 9.17) is 10.6 Å². The van der Waals surface area contributed by atoms with Crippen molar-refractivity contribution in [2.45, 2.75) is 128 Å². The summed E-state index contributed by atoms with van der Waals surface area (Å²) in [5.74, 6) is 0. The second kappa shape index (κ2) is 11.3. The predicted molar refractivity (Wildman–Crippen MR) is 165 cm³/mol. The zero-order chi connectivity index (χ0) is 28.8.